The van der Waals surface area contributed by atoms with Gasteiger partial charge in [-0.1, -0.05) is 12.8 Å². The van der Waals surface area contributed by atoms with E-state index in [0.29, 0.717) is 19.4 Å². The Morgan fingerprint density at radius 1 is 1.48 bits per heavy atom. The number of sulfone groups is 1. The van der Waals surface area contributed by atoms with Crippen molar-refractivity contribution in [3.63, 3.8) is 0 Å². The molecule has 1 aromatic rings. The van der Waals surface area contributed by atoms with E-state index in [1.54, 1.807) is 13.2 Å². The zero-order valence-electron chi connectivity index (χ0n) is 12.3. The second-order valence-electron chi connectivity index (χ2n) is 5.49. The van der Waals surface area contributed by atoms with Crippen LogP contribution in [0.25, 0.3) is 0 Å². The molecule has 0 radical (unpaired) electrons. The zero-order valence-corrected chi connectivity index (χ0v) is 13.9. The Labute approximate surface area is 129 Å². The highest BCUT2D eigenvalue weighted by Gasteiger charge is 2.34. The summed E-state index contributed by atoms with van der Waals surface area (Å²) < 4.78 is 23.7. The van der Waals surface area contributed by atoms with Gasteiger partial charge in [0, 0.05) is 30.9 Å². The van der Waals surface area contributed by atoms with Gasteiger partial charge in [-0.3, -0.25) is 0 Å². The average molecular weight is 331 g/mol. The third-order valence-electron chi connectivity index (χ3n) is 3.76. The molecule has 0 unspecified atom stereocenters. The van der Waals surface area contributed by atoms with Crippen LogP contribution in [0.4, 0.5) is 4.79 Å². The maximum absolute atomic E-state index is 12.2. The second kappa shape index (κ2) is 6.74. The van der Waals surface area contributed by atoms with Gasteiger partial charge in [0.1, 0.15) is 5.01 Å². The lowest BCUT2D eigenvalue weighted by atomic mass is 9.95. The van der Waals surface area contributed by atoms with Gasteiger partial charge in [0.15, 0.2) is 9.84 Å². The van der Waals surface area contributed by atoms with E-state index in [4.69, 9.17) is 0 Å². The Morgan fingerprint density at radius 3 is 2.81 bits per heavy atom. The predicted octanol–water partition coefficient (Wildman–Crippen LogP) is 1.64. The summed E-state index contributed by atoms with van der Waals surface area (Å²) in [6.07, 6.45) is 6.15. The Bertz CT molecular complexity index is 571. The molecule has 2 atom stereocenters. The quantitative estimate of drug-likeness (QED) is 0.909. The summed E-state index contributed by atoms with van der Waals surface area (Å²) in [4.78, 5) is 17.9. The number of hydrogen-bond acceptors (Lipinski definition) is 5. The third kappa shape index (κ3) is 4.41. The lowest BCUT2D eigenvalue weighted by molar-refractivity contribution is 0.199. The number of nitrogens with zero attached hydrogens (tertiary/aromatic N) is 2. The molecule has 0 spiro atoms. The number of carbonyl (C=O) groups is 1. The summed E-state index contributed by atoms with van der Waals surface area (Å²) in [7, 11) is -1.45. The van der Waals surface area contributed by atoms with Crippen molar-refractivity contribution in [3.05, 3.63) is 16.6 Å². The van der Waals surface area contributed by atoms with Crippen molar-refractivity contribution in [3.8, 4) is 0 Å². The first kappa shape index (κ1) is 16.2. The van der Waals surface area contributed by atoms with E-state index >= 15 is 0 Å². The summed E-state index contributed by atoms with van der Waals surface area (Å²) in [6.45, 7) is 0.430. The molecule has 1 heterocycles. The van der Waals surface area contributed by atoms with E-state index in [1.807, 2.05) is 5.38 Å². The molecule has 6 nitrogen and oxygen atoms in total. The largest absolute Gasteiger partial charge is 0.334 e. The highest BCUT2D eigenvalue weighted by Crippen LogP contribution is 2.24. The van der Waals surface area contributed by atoms with Gasteiger partial charge < -0.3 is 10.2 Å². The number of nitrogens with one attached hydrogen (secondary N) is 1. The molecule has 8 heteroatoms. The lowest BCUT2D eigenvalue weighted by Gasteiger charge is -2.32. The summed E-state index contributed by atoms with van der Waals surface area (Å²) in [6, 6.07) is -0.536. The van der Waals surface area contributed by atoms with Crippen molar-refractivity contribution < 1.29 is 13.2 Å². The first-order valence-corrected chi connectivity index (χ1v) is 9.80. The Hall–Kier alpha value is -1.15. The number of hydrogen-bond donors (Lipinski definition) is 1. The van der Waals surface area contributed by atoms with E-state index in [2.05, 4.69) is 10.3 Å². The molecule has 1 fully saturated rings. The van der Waals surface area contributed by atoms with Crippen molar-refractivity contribution in [2.75, 3.05) is 13.3 Å². The molecule has 2 amide bonds. The number of thiazole rings is 1. The molecular weight excluding hydrogens is 310 g/mol. The molecule has 1 N–H and O–H groups in total. The number of carbonyl (C=O) groups excluding carboxylic acids is 1. The Kier molecular flexibility index (Phi) is 5.21. The van der Waals surface area contributed by atoms with Crippen LogP contribution in [0.15, 0.2) is 11.6 Å². The van der Waals surface area contributed by atoms with Crippen molar-refractivity contribution in [2.24, 2.45) is 0 Å². The van der Waals surface area contributed by atoms with Crippen LogP contribution in [-0.4, -0.2) is 48.9 Å². The van der Waals surface area contributed by atoms with Crippen molar-refractivity contribution in [2.45, 2.75) is 43.5 Å². The van der Waals surface area contributed by atoms with E-state index in [-0.39, 0.29) is 12.1 Å². The molecule has 0 aliphatic heterocycles. The fourth-order valence-corrected chi connectivity index (χ4v) is 4.71. The molecule has 118 valence electrons. The van der Waals surface area contributed by atoms with Crippen LogP contribution in [0.5, 0.6) is 0 Å². The average Bonchev–Trinajstić information content (AvgIpc) is 2.91. The first-order chi connectivity index (χ1) is 9.88. The van der Waals surface area contributed by atoms with Crippen molar-refractivity contribution >= 4 is 27.2 Å². The number of urea groups is 1. The molecule has 0 aromatic carbocycles. The van der Waals surface area contributed by atoms with Crippen LogP contribution in [0.3, 0.4) is 0 Å². The van der Waals surface area contributed by atoms with Gasteiger partial charge in [0.25, 0.3) is 0 Å². The molecule has 1 saturated carbocycles. The highest BCUT2D eigenvalue weighted by atomic mass is 32.2. The first-order valence-electron chi connectivity index (χ1n) is 6.97. The summed E-state index contributed by atoms with van der Waals surface area (Å²) in [5, 5.41) is 5.12. The fraction of sp³-hybridized carbons (Fsp3) is 0.692. The Balaban J connectivity index is 1.96. The molecule has 0 saturated heterocycles. The van der Waals surface area contributed by atoms with Crippen molar-refractivity contribution in [1.82, 2.24) is 15.2 Å². The van der Waals surface area contributed by atoms with Gasteiger partial charge in [-0.05, 0) is 12.8 Å². The van der Waals surface area contributed by atoms with Gasteiger partial charge in [-0.15, -0.1) is 11.3 Å². The van der Waals surface area contributed by atoms with Crippen LogP contribution in [-0.2, 0) is 16.4 Å². The molecule has 1 aliphatic carbocycles. The number of amides is 2. The number of aromatic nitrogens is 1. The van der Waals surface area contributed by atoms with Crippen LogP contribution >= 0.6 is 11.3 Å². The Morgan fingerprint density at radius 2 is 2.19 bits per heavy atom. The molecule has 2 rings (SSSR count). The van der Waals surface area contributed by atoms with Gasteiger partial charge >= 0.3 is 6.03 Å². The summed E-state index contributed by atoms with van der Waals surface area (Å²) in [5.74, 6) is 0. The van der Waals surface area contributed by atoms with Gasteiger partial charge in [-0.25, -0.2) is 18.2 Å². The third-order valence-corrected chi connectivity index (χ3v) is 6.19. The summed E-state index contributed by atoms with van der Waals surface area (Å²) in [5.41, 5.74) is 0. The second-order valence-corrected chi connectivity index (χ2v) is 8.73. The van der Waals surface area contributed by atoms with E-state index in [1.165, 1.54) is 22.5 Å². The highest BCUT2D eigenvalue weighted by molar-refractivity contribution is 7.91. The minimum atomic E-state index is -3.14. The van der Waals surface area contributed by atoms with Crippen LogP contribution < -0.4 is 5.32 Å². The van der Waals surface area contributed by atoms with Crippen LogP contribution in [0.2, 0.25) is 0 Å². The maximum Gasteiger partial charge on any atom is 0.317 e. The summed E-state index contributed by atoms with van der Waals surface area (Å²) >= 11 is 1.49. The molecule has 1 aromatic heterocycles. The van der Waals surface area contributed by atoms with Gasteiger partial charge in [0.2, 0.25) is 0 Å². The minimum Gasteiger partial charge on any atom is -0.334 e. The molecule has 0 bridgehead atoms. The fourth-order valence-electron chi connectivity index (χ4n) is 2.65. The molecule has 21 heavy (non-hydrogen) atoms. The maximum atomic E-state index is 12.2. The van der Waals surface area contributed by atoms with Gasteiger partial charge in [0.05, 0.1) is 11.8 Å². The predicted molar refractivity (Wildman–Crippen MR) is 83.0 cm³/mol. The van der Waals surface area contributed by atoms with Crippen molar-refractivity contribution in [1.29, 1.82) is 0 Å². The molecular formula is C13H21N3O3S2. The standard InChI is InChI=1S/C13H21N3O3S2/c1-16(9-12-14-7-8-20-12)13(17)15-10-5-3-4-6-11(10)21(2,18)19/h7-8,10-11H,3-6,9H2,1-2H3,(H,15,17)/t10-,11-/m1/s1. The number of rotatable bonds is 4. The topological polar surface area (TPSA) is 79.4 Å². The van der Waals surface area contributed by atoms with Crippen LogP contribution in [0, 0.1) is 0 Å². The van der Waals surface area contributed by atoms with E-state index in [9.17, 15) is 13.2 Å². The normalized spacial score (nSPS) is 22.8. The minimum absolute atomic E-state index is 0.245. The zero-order chi connectivity index (χ0) is 15.5. The van der Waals surface area contributed by atoms with E-state index in [0.717, 1.165) is 17.8 Å². The smallest absolute Gasteiger partial charge is 0.317 e. The van der Waals surface area contributed by atoms with Crippen LogP contribution in [0.1, 0.15) is 30.7 Å². The van der Waals surface area contributed by atoms with Gasteiger partial charge in [-0.2, -0.15) is 0 Å². The lowest BCUT2D eigenvalue weighted by Crippen LogP contribution is -2.51. The SMILES string of the molecule is CN(Cc1nccs1)C(=O)N[C@@H]1CCCC[C@H]1S(C)(=O)=O. The van der Waals surface area contributed by atoms with E-state index < -0.39 is 15.1 Å². The monoisotopic (exact) mass is 331 g/mol. The molecule has 1 aliphatic rings.